The first-order chi connectivity index (χ1) is 7.33. The lowest BCUT2D eigenvalue weighted by atomic mass is 9.80. The van der Waals surface area contributed by atoms with Crippen molar-refractivity contribution in [3.63, 3.8) is 0 Å². The Morgan fingerprint density at radius 2 is 2.13 bits per heavy atom. The van der Waals surface area contributed by atoms with E-state index in [2.05, 4.69) is 10.6 Å². The molecule has 0 radical (unpaired) electrons. The number of para-hydroxylation sites is 1. The van der Waals surface area contributed by atoms with Gasteiger partial charge in [0.1, 0.15) is 5.41 Å². The third-order valence-electron chi connectivity index (χ3n) is 3.13. The normalized spacial score (nSPS) is 27.9. The number of carbonyl (C=O) groups excluding carboxylic acids is 1. The van der Waals surface area contributed by atoms with E-state index in [0.717, 1.165) is 17.8 Å². The second kappa shape index (κ2) is 2.94. The number of carbonyl (C=O) groups is 1. The van der Waals surface area contributed by atoms with Crippen LogP contribution in [-0.4, -0.2) is 19.0 Å². The molecule has 3 heteroatoms. The molecular formula is C12H12N2O. The van der Waals surface area contributed by atoms with E-state index in [1.54, 1.807) is 0 Å². The first-order valence-electron chi connectivity index (χ1n) is 5.12. The fraction of sp³-hybridized carbons (Fsp3) is 0.250. The molecule has 0 unspecified atom stereocenters. The molecule has 3 rings (SSSR count). The summed E-state index contributed by atoms with van der Waals surface area (Å²) in [5.41, 5.74) is 1.55. The zero-order valence-corrected chi connectivity index (χ0v) is 8.29. The van der Waals surface area contributed by atoms with Gasteiger partial charge in [0.15, 0.2) is 0 Å². The molecule has 3 nitrogen and oxygen atoms in total. The summed E-state index contributed by atoms with van der Waals surface area (Å²) in [5.74, 6) is 0.0761. The van der Waals surface area contributed by atoms with Crippen molar-refractivity contribution in [2.45, 2.75) is 5.41 Å². The smallest absolute Gasteiger partial charge is 0.240 e. The average Bonchev–Trinajstić information content (AvgIpc) is 2.55. The number of amides is 1. The zero-order chi connectivity index (χ0) is 10.3. The highest BCUT2D eigenvalue weighted by Crippen LogP contribution is 2.39. The van der Waals surface area contributed by atoms with Gasteiger partial charge in [-0.2, -0.15) is 0 Å². The summed E-state index contributed by atoms with van der Waals surface area (Å²) in [7, 11) is 0. The average molecular weight is 200 g/mol. The van der Waals surface area contributed by atoms with E-state index in [1.807, 2.05) is 36.4 Å². The first kappa shape index (κ1) is 8.68. The van der Waals surface area contributed by atoms with Crippen LogP contribution in [0.3, 0.4) is 0 Å². The van der Waals surface area contributed by atoms with E-state index >= 15 is 0 Å². The molecule has 1 aromatic carbocycles. The van der Waals surface area contributed by atoms with Crippen molar-refractivity contribution in [3.8, 4) is 0 Å². The molecule has 0 saturated heterocycles. The van der Waals surface area contributed by atoms with Gasteiger partial charge in [0, 0.05) is 18.8 Å². The fourth-order valence-electron chi connectivity index (χ4n) is 2.35. The molecule has 1 atom stereocenters. The highest BCUT2D eigenvalue weighted by Gasteiger charge is 2.44. The Labute approximate surface area is 88.2 Å². The van der Waals surface area contributed by atoms with Gasteiger partial charge in [-0.1, -0.05) is 30.4 Å². The van der Waals surface area contributed by atoms with Crippen LogP contribution in [0.5, 0.6) is 0 Å². The zero-order valence-electron chi connectivity index (χ0n) is 8.29. The van der Waals surface area contributed by atoms with Crippen molar-refractivity contribution in [3.05, 3.63) is 42.0 Å². The predicted octanol–water partition coefficient (Wildman–Crippen LogP) is 1.04. The summed E-state index contributed by atoms with van der Waals surface area (Å²) >= 11 is 0. The molecule has 76 valence electrons. The maximum atomic E-state index is 12.0. The molecule has 0 fully saturated rings. The Morgan fingerprint density at radius 3 is 2.93 bits per heavy atom. The molecule has 1 spiro atoms. The molecule has 0 saturated carbocycles. The third kappa shape index (κ3) is 1.07. The first-order valence-corrected chi connectivity index (χ1v) is 5.12. The Morgan fingerprint density at radius 1 is 1.27 bits per heavy atom. The van der Waals surface area contributed by atoms with Crippen LogP contribution in [0.2, 0.25) is 0 Å². The van der Waals surface area contributed by atoms with Gasteiger partial charge in [-0.3, -0.25) is 4.79 Å². The van der Waals surface area contributed by atoms with E-state index < -0.39 is 5.41 Å². The molecule has 0 aliphatic carbocycles. The van der Waals surface area contributed by atoms with Gasteiger partial charge >= 0.3 is 0 Å². The van der Waals surface area contributed by atoms with Crippen LogP contribution in [0.4, 0.5) is 5.69 Å². The highest BCUT2D eigenvalue weighted by molar-refractivity contribution is 6.08. The molecular weight excluding hydrogens is 188 g/mol. The lowest BCUT2D eigenvalue weighted by Gasteiger charge is -2.27. The maximum absolute atomic E-state index is 12.0. The van der Waals surface area contributed by atoms with Gasteiger partial charge in [0.25, 0.3) is 0 Å². The lowest BCUT2D eigenvalue weighted by molar-refractivity contribution is -0.119. The topological polar surface area (TPSA) is 41.1 Å². The van der Waals surface area contributed by atoms with Crippen molar-refractivity contribution < 1.29 is 4.79 Å². The summed E-state index contributed by atoms with van der Waals surface area (Å²) in [6, 6.07) is 7.89. The quantitative estimate of drug-likeness (QED) is 0.614. The van der Waals surface area contributed by atoms with Gasteiger partial charge in [0.2, 0.25) is 5.91 Å². The molecule has 2 N–H and O–H groups in total. The van der Waals surface area contributed by atoms with Crippen molar-refractivity contribution >= 4 is 11.6 Å². The van der Waals surface area contributed by atoms with Crippen molar-refractivity contribution in [2.24, 2.45) is 0 Å². The van der Waals surface area contributed by atoms with Crippen molar-refractivity contribution in [2.75, 3.05) is 18.4 Å². The number of anilines is 1. The molecule has 15 heavy (non-hydrogen) atoms. The molecule has 2 aliphatic rings. The molecule has 2 heterocycles. The number of rotatable bonds is 0. The number of fused-ring (bicyclic) bond motifs is 2. The second-order valence-corrected chi connectivity index (χ2v) is 4.00. The van der Waals surface area contributed by atoms with E-state index in [0.29, 0.717) is 6.54 Å². The van der Waals surface area contributed by atoms with Crippen molar-refractivity contribution in [1.82, 2.24) is 5.32 Å². The maximum Gasteiger partial charge on any atom is 0.240 e. The Balaban J connectivity index is 2.20. The Bertz CT molecular complexity index is 453. The lowest BCUT2D eigenvalue weighted by Crippen LogP contribution is -2.44. The molecule has 0 aromatic heterocycles. The largest absolute Gasteiger partial charge is 0.325 e. The van der Waals surface area contributed by atoms with Crippen LogP contribution in [0.15, 0.2) is 36.4 Å². The number of benzene rings is 1. The Kier molecular flexibility index (Phi) is 1.70. The summed E-state index contributed by atoms with van der Waals surface area (Å²) in [6.07, 6.45) is 4.04. The van der Waals surface area contributed by atoms with Crippen LogP contribution < -0.4 is 10.6 Å². The van der Waals surface area contributed by atoms with Gasteiger partial charge in [-0.05, 0) is 11.6 Å². The van der Waals surface area contributed by atoms with Crippen LogP contribution in [0, 0.1) is 0 Å². The summed E-state index contributed by atoms with van der Waals surface area (Å²) in [4.78, 5) is 12.0. The van der Waals surface area contributed by atoms with Crippen LogP contribution in [0.1, 0.15) is 5.56 Å². The standard InChI is InChI=1S/C12H12N2O/c15-11-12(6-3-7-13-8-12)9-4-1-2-5-10(9)14-11/h1-6,13H,7-8H2,(H,14,15)/t12-/m1/s1. The number of hydrogen-bond acceptors (Lipinski definition) is 2. The number of hydrogen-bond donors (Lipinski definition) is 2. The van der Waals surface area contributed by atoms with Crippen LogP contribution in [-0.2, 0) is 10.2 Å². The minimum absolute atomic E-state index is 0.0761. The third-order valence-corrected chi connectivity index (χ3v) is 3.13. The highest BCUT2D eigenvalue weighted by atomic mass is 16.2. The van der Waals surface area contributed by atoms with Crippen LogP contribution in [0.25, 0.3) is 0 Å². The van der Waals surface area contributed by atoms with E-state index in [9.17, 15) is 4.79 Å². The monoisotopic (exact) mass is 200 g/mol. The van der Waals surface area contributed by atoms with E-state index in [-0.39, 0.29) is 5.91 Å². The van der Waals surface area contributed by atoms with E-state index in [1.165, 1.54) is 0 Å². The molecule has 2 aliphatic heterocycles. The minimum atomic E-state index is -0.477. The number of nitrogens with one attached hydrogen (secondary N) is 2. The van der Waals surface area contributed by atoms with Gasteiger partial charge in [-0.25, -0.2) is 0 Å². The predicted molar refractivity (Wildman–Crippen MR) is 58.8 cm³/mol. The Hall–Kier alpha value is -1.61. The summed E-state index contributed by atoms with van der Waals surface area (Å²) in [6.45, 7) is 1.53. The van der Waals surface area contributed by atoms with Crippen molar-refractivity contribution in [1.29, 1.82) is 0 Å². The molecule has 0 bridgehead atoms. The van der Waals surface area contributed by atoms with Gasteiger partial charge in [0.05, 0.1) is 0 Å². The minimum Gasteiger partial charge on any atom is -0.325 e. The van der Waals surface area contributed by atoms with Crippen LogP contribution >= 0.6 is 0 Å². The fourth-order valence-corrected chi connectivity index (χ4v) is 2.35. The second-order valence-electron chi connectivity index (χ2n) is 4.00. The molecule has 1 aromatic rings. The van der Waals surface area contributed by atoms with E-state index in [4.69, 9.17) is 0 Å². The van der Waals surface area contributed by atoms with Gasteiger partial charge in [-0.15, -0.1) is 0 Å². The van der Waals surface area contributed by atoms with Gasteiger partial charge < -0.3 is 10.6 Å². The summed E-state index contributed by atoms with van der Waals surface area (Å²) in [5, 5.41) is 6.17. The molecule has 1 amide bonds. The SMILES string of the molecule is O=C1Nc2ccccc2[C@]12C=CCNC2. The summed E-state index contributed by atoms with van der Waals surface area (Å²) < 4.78 is 0.